The molecule has 0 bridgehead atoms. The second kappa shape index (κ2) is 6.11. The van der Waals surface area contributed by atoms with Crippen molar-refractivity contribution in [3.63, 3.8) is 0 Å². The van der Waals surface area contributed by atoms with Crippen LogP contribution in [-0.2, 0) is 6.61 Å². The van der Waals surface area contributed by atoms with Crippen molar-refractivity contribution >= 4 is 11.6 Å². The minimum Gasteiger partial charge on any atom is -0.484 e. The van der Waals surface area contributed by atoms with Crippen molar-refractivity contribution in [1.82, 2.24) is 10.3 Å². The second-order valence-corrected chi connectivity index (χ2v) is 5.04. The molecule has 0 radical (unpaired) electrons. The van der Waals surface area contributed by atoms with Crippen molar-refractivity contribution in [1.29, 1.82) is 0 Å². The summed E-state index contributed by atoms with van der Waals surface area (Å²) < 4.78 is 11.6. The van der Waals surface area contributed by atoms with Crippen LogP contribution in [0.3, 0.4) is 0 Å². The van der Waals surface area contributed by atoms with Crippen LogP contribution in [0.15, 0.2) is 42.6 Å². The Kier molecular flexibility index (Phi) is 4.04. The van der Waals surface area contributed by atoms with Gasteiger partial charge in [-0.3, -0.25) is 4.98 Å². The highest BCUT2D eigenvalue weighted by Crippen LogP contribution is 2.32. The quantitative estimate of drug-likeness (QED) is 0.919. The summed E-state index contributed by atoms with van der Waals surface area (Å²) in [5, 5.41) is 3.80. The molecule has 1 aromatic carbocycles. The molecule has 1 aliphatic rings. The minimum absolute atomic E-state index is 0.186. The number of pyridine rings is 1. The van der Waals surface area contributed by atoms with Gasteiger partial charge in [0.1, 0.15) is 12.7 Å². The minimum atomic E-state index is 0.186. The van der Waals surface area contributed by atoms with E-state index in [0.717, 1.165) is 18.8 Å². The number of benzene rings is 1. The van der Waals surface area contributed by atoms with Crippen LogP contribution in [0.25, 0.3) is 0 Å². The van der Waals surface area contributed by atoms with E-state index in [1.807, 2.05) is 24.3 Å². The van der Waals surface area contributed by atoms with Crippen LogP contribution in [0.5, 0.6) is 11.5 Å². The Bertz CT molecular complexity index is 573. The highest BCUT2D eigenvalue weighted by molar-refractivity contribution is 6.30. The molecule has 0 spiro atoms. The molecule has 1 aliphatic heterocycles. The van der Waals surface area contributed by atoms with Crippen LogP contribution >= 0.6 is 11.6 Å². The van der Waals surface area contributed by atoms with Crippen molar-refractivity contribution in [3.05, 3.63) is 53.3 Å². The molecule has 5 heteroatoms. The standard InChI is InChI=1S/C15H15ClN2O2/c16-11-4-5-14(15(7-11)20-13-8-17-9-13)19-10-12-3-1-2-6-18-12/h1-7,13,17H,8-10H2. The molecular formula is C15H15ClN2O2. The molecule has 1 fully saturated rings. The van der Waals surface area contributed by atoms with Crippen molar-refractivity contribution < 1.29 is 9.47 Å². The zero-order valence-electron chi connectivity index (χ0n) is 10.9. The molecular weight excluding hydrogens is 276 g/mol. The fourth-order valence-corrected chi connectivity index (χ4v) is 2.02. The van der Waals surface area contributed by atoms with Crippen molar-refractivity contribution in [3.8, 4) is 11.5 Å². The maximum atomic E-state index is 6.02. The third-order valence-corrected chi connectivity index (χ3v) is 3.28. The van der Waals surface area contributed by atoms with Gasteiger partial charge in [0.2, 0.25) is 0 Å². The van der Waals surface area contributed by atoms with Gasteiger partial charge >= 0.3 is 0 Å². The summed E-state index contributed by atoms with van der Waals surface area (Å²) in [6, 6.07) is 11.1. The zero-order valence-corrected chi connectivity index (χ0v) is 11.6. The van der Waals surface area contributed by atoms with E-state index in [9.17, 15) is 0 Å². The van der Waals surface area contributed by atoms with E-state index < -0.39 is 0 Å². The van der Waals surface area contributed by atoms with Crippen LogP contribution in [-0.4, -0.2) is 24.2 Å². The molecule has 1 N–H and O–H groups in total. The Balaban J connectivity index is 1.71. The van der Waals surface area contributed by atoms with Crippen LogP contribution in [0.4, 0.5) is 0 Å². The van der Waals surface area contributed by atoms with Crippen LogP contribution in [0.2, 0.25) is 5.02 Å². The summed E-state index contributed by atoms with van der Waals surface area (Å²) in [5.41, 5.74) is 0.874. The number of hydrogen-bond donors (Lipinski definition) is 1. The SMILES string of the molecule is Clc1ccc(OCc2ccccn2)c(OC2CNC2)c1. The average molecular weight is 291 g/mol. The molecule has 0 amide bonds. The zero-order chi connectivity index (χ0) is 13.8. The third kappa shape index (κ3) is 3.21. The predicted molar refractivity (Wildman–Crippen MR) is 77.3 cm³/mol. The molecule has 1 aromatic heterocycles. The van der Waals surface area contributed by atoms with E-state index in [4.69, 9.17) is 21.1 Å². The topological polar surface area (TPSA) is 43.4 Å². The van der Waals surface area contributed by atoms with Gasteiger partial charge in [0.05, 0.1) is 5.69 Å². The first-order valence-electron chi connectivity index (χ1n) is 6.51. The lowest BCUT2D eigenvalue weighted by atomic mass is 10.2. The van der Waals surface area contributed by atoms with Gasteiger partial charge in [0.25, 0.3) is 0 Å². The summed E-state index contributed by atoms with van der Waals surface area (Å²) in [7, 11) is 0. The first kappa shape index (κ1) is 13.2. The van der Waals surface area contributed by atoms with E-state index >= 15 is 0 Å². The van der Waals surface area contributed by atoms with Gasteiger partial charge in [-0.15, -0.1) is 0 Å². The number of nitrogens with one attached hydrogen (secondary N) is 1. The largest absolute Gasteiger partial charge is 0.484 e. The average Bonchev–Trinajstić information content (AvgIpc) is 2.43. The van der Waals surface area contributed by atoms with Gasteiger partial charge in [0, 0.05) is 30.4 Å². The van der Waals surface area contributed by atoms with Gasteiger partial charge < -0.3 is 14.8 Å². The van der Waals surface area contributed by atoms with E-state index in [1.165, 1.54) is 0 Å². The molecule has 0 aliphatic carbocycles. The third-order valence-electron chi connectivity index (χ3n) is 3.05. The Labute approximate surface area is 122 Å². The molecule has 1 saturated heterocycles. The molecule has 0 atom stereocenters. The van der Waals surface area contributed by atoms with Gasteiger partial charge in [-0.25, -0.2) is 0 Å². The van der Waals surface area contributed by atoms with Crippen molar-refractivity contribution in [2.75, 3.05) is 13.1 Å². The maximum absolute atomic E-state index is 6.02. The lowest BCUT2D eigenvalue weighted by molar-refractivity contribution is 0.134. The summed E-state index contributed by atoms with van der Waals surface area (Å²) in [5.74, 6) is 1.37. The lowest BCUT2D eigenvalue weighted by Crippen LogP contribution is -2.50. The Morgan fingerprint density at radius 1 is 1.20 bits per heavy atom. The fraction of sp³-hybridized carbons (Fsp3) is 0.267. The van der Waals surface area contributed by atoms with Crippen molar-refractivity contribution in [2.45, 2.75) is 12.7 Å². The molecule has 104 valence electrons. The van der Waals surface area contributed by atoms with Crippen LogP contribution < -0.4 is 14.8 Å². The second-order valence-electron chi connectivity index (χ2n) is 4.60. The number of halogens is 1. The summed E-state index contributed by atoms with van der Waals surface area (Å²) in [6.45, 7) is 2.11. The monoisotopic (exact) mass is 290 g/mol. The molecule has 0 saturated carbocycles. The Morgan fingerprint density at radius 2 is 2.10 bits per heavy atom. The highest BCUT2D eigenvalue weighted by Gasteiger charge is 2.20. The number of nitrogens with zero attached hydrogens (tertiary/aromatic N) is 1. The summed E-state index contributed by atoms with van der Waals surface area (Å²) >= 11 is 6.02. The molecule has 4 nitrogen and oxygen atoms in total. The van der Waals surface area contributed by atoms with E-state index in [2.05, 4.69) is 10.3 Å². The normalized spacial score (nSPS) is 14.7. The maximum Gasteiger partial charge on any atom is 0.163 e. The van der Waals surface area contributed by atoms with E-state index in [-0.39, 0.29) is 6.10 Å². The molecule has 0 unspecified atom stereocenters. The molecule has 2 heterocycles. The molecule has 3 rings (SSSR count). The van der Waals surface area contributed by atoms with E-state index in [1.54, 1.807) is 18.3 Å². The first-order chi connectivity index (χ1) is 9.81. The predicted octanol–water partition coefficient (Wildman–Crippen LogP) is 2.66. The van der Waals surface area contributed by atoms with Gasteiger partial charge in [-0.2, -0.15) is 0 Å². The summed E-state index contributed by atoms with van der Waals surface area (Å²) in [4.78, 5) is 4.23. The number of aromatic nitrogens is 1. The van der Waals surface area contributed by atoms with Gasteiger partial charge in [-0.1, -0.05) is 17.7 Å². The Hall–Kier alpha value is -1.78. The number of hydrogen-bond acceptors (Lipinski definition) is 4. The smallest absolute Gasteiger partial charge is 0.163 e. The van der Waals surface area contributed by atoms with Crippen LogP contribution in [0, 0.1) is 0 Å². The van der Waals surface area contributed by atoms with Crippen LogP contribution in [0.1, 0.15) is 5.69 Å². The molecule has 2 aromatic rings. The summed E-state index contributed by atoms with van der Waals surface area (Å²) in [6.07, 6.45) is 1.93. The lowest BCUT2D eigenvalue weighted by Gasteiger charge is -2.28. The Morgan fingerprint density at radius 3 is 2.80 bits per heavy atom. The van der Waals surface area contributed by atoms with Gasteiger partial charge in [0.15, 0.2) is 11.5 Å². The first-order valence-corrected chi connectivity index (χ1v) is 6.89. The number of rotatable bonds is 5. The molecule has 20 heavy (non-hydrogen) atoms. The number of ether oxygens (including phenoxy) is 2. The van der Waals surface area contributed by atoms with Gasteiger partial charge in [-0.05, 0) is 24.3 Å². The fourth-order valence-electron chi connectivity index (χ4n) is 1.85. The highest BCUT2D eigenvalue weighted by atomic mass is 35.5. The van der Waals surface area contributed by atoms with E-state index in [0.29, 0.717) is 23.1 Å². The van der Waals surface area contributed by atoms with Crippen molar-refractivity contribution in [2.24, 2.45) is 0 Å².